The van der Waals surface area contributed by atoms with Gasteiger partial charge in [0.05, 0.1) is 10.5 Å². The first-order valence-corrected chi connectivity index (χ1v) is 8.03. The fraction of sp³-hybridized carbons (Fsp3) is 0.538. The molecule has 0 unspecified atom stereocenters. The zero-order valence-electron chi connectivity index (χ0n) is 11.5. The Morgan fingerprint density at radius 1 is 1.19 bits per heavy atom. The van der Waals surface area contributed by atoms with Crippen LogP contribution in [0.25, 0.3) is 0 Å². The first-order chi connectivity index (χ1) is 9.64. The maximum atomic E-state index is 13.0. The predicted octanol–water partition coefficient (Wildman–Crippen LogP) is 2.13. The number of benzene rings is 1. The van der Waals surface area contributed by atoms with Crippen LogP contribution in [0, 0.1) is 0 Å². The van der Waals surface area contributed by atoms with Crippen LogP contribution in [0.2, 0.25) is 0 Å². The summed E-state index contributed by atoms with van der Waals surface area (Å²) in [5.41, 5.74) is -1.88. The monoisotopic (exact) mass is 322 g/mol. The Labute approximate surface area is 121 Å². The summed E-state index contributed by atoms with van der Waals surface area (Å²) in [4.78, 5) is -0.725. The van der Waals surface area contributed by atoms with Crippen molar-refractivity contribution in [3.63, 3.8) is 0 Å². The second kappa shape index (κ2) is 5.58. The quantitative estimate of drug-likeness (QED) is 0.896. The lowest BCUT2D eigenvalue weighted by Gasteiger charge is -2.34. The lowest BCUT2D eigenvalue weighted by atomic mass is 9.92. The molecule has 118 valence electrons. The lowest BCUT2D eigenvalue weighted by Crippen LogP contribution is -2.52. The van der Waals surface area contributed by atoms with Crippen molar-refractivity contribution < 1.29 is 21.6 Å². The number of nitrogens with one attached hydrogen (secondary N) is 2. The molecule has 8 heteroatoms. The van der Waals surface area contributed by atoms with Gasteiger partial charge in [-0.05, 0) is 45.0 Å². The molecular weight excluding hydrogens is 305 g/mol. The van der Waals surface area contributed by atoms with Gasteiger partial charge in [0.15, 0.2) is 0 Å². The van der Waals surface area contributed by atoms with Crippen molar-refractivity contribution in [1.82, 2.24) is 10.0 Å². The normalized spacial score (nSPS) is 19.4. The number of hydrogen-bond acceptors (Lipinski definition) is 3. The molecule has 0 bridgehead atoms. The van der Waals surface area contributed by atoms with Gasteiger partial charge < -0.3 is 5.32 Å². The molecule has 1 saturated heterocycles. The average Bonchev–Trinajstić information content (AvgIpc) is 2.37. The zero-order valence-corrected chi connectivity index (χ0v) is 12.3. The van der Waals surface area contributed by atoms with E-state index in [1.165, 1.54) is 12.1 Å². The van der Waals surface area contributed by atoms with Crippen molar-refractivity contribution in [3.8, 4) is 0 Å². The molecule has 2 rings (SSSR count). The van der Waals surface area contributed by atoms with Crippen LogP contribution in [-0.4, -0.2) is 27.0 Å². The summed E-state index contributed by atoms with van der Waals surface area (Å²) in [5.74, 6) is 0. The number of sulfonamides is 1. The van der Waals surface area contributed by atoms with E-state index < -0.39 is 32.2 Å². The molecule has 2 N–H and O–H groups in total. The second-order valence-corrected chi connectivity index (χ2v) is 7.06. The minimum absolute atomic E-state index is 0.528. The number of piperidine rings is 1. The van der Waals surface area contributed by atoms with Crippen LogP contribution in [0.1, 0.15) is 25.3 Å². The van der Waals surface area contributed by atoms with Crippen LogP contribution in [0.15, 0.2) is 29.2 Å². The molecule has 0 aromatic heterocycles. The Morgan fingerprint density at radius 2 is 1.76 bits per heavy atom. The highest BCUT2D eigenvalue weighted by Crippen LogP contribution is 2.34. The van der Waals surface area contributed by atoms with Crippen molar-refractivity contribution in [2.24, 2.45) is 0 Å². The summed E-state index contributed by atoms with van der Waals surface area (Å²) in [6, 6.07) is 4.22. The van der Waals surface area contributed by atoms with Gasteiger partial charge in [-0.2, -0.15) is 13.2 Å². The molecule has 0 spiro atoms. The maximum absolute atomic E-state index is 13.0. The molecule has 1 fully saturated rings. The van der Waals surface area contributed by atoms with E-state index in [4.69, 9.17) is 0 Å². The third-order valence-electron chi connectivity index (χ3n) is 3.57. The van der Waals surface area contributed by atoms with Gasteiger partial charge in [-0.1, -0.05) is 12.1 Å². The Bertz CT molecular complexity index is 608. The van der Waals surface area contributed by atoms with E-state index in [0.717, 1.165) is 12.1 Å². The van der Waals surface area contributed by atoms with Gasteiger partial charge in [0.25, 0.3) is 0 Å². The van der Waals surface area contributed by atoms with Gasteiger partial charge >= 0.3 is 6.18 Å². The fourth-order valence-corrected chi connectivity index (χ4v) is 4.09. The average molecular weight is 322 g/mol. The summed E-state index contributed by atoms with van der Waals surface area (Å²) >= 11 is 0. The maximum Gasteiger partial charge on any atom is 0.417 e. The number of hydrogen-bond donors (Lipinski definition) is 2. The molecule has 0 saturated carbocycles. The molecule has 1 aromatic rings. The molecule has 4 nitrogen and oxygen atoms in total. The predicted molar refractivity (Wildman–Crippen MR) is 72.3 cm³/mol. The molecule has 1 aromatic carbocycles. The Kier molecular flexibility index (Phi) is 4.32. The summed E-state index contributed by atoms with van der Waals surface area (Å²) in [6.07, 6.45) is -3.65. The van der Waals surface area contributed by atoms with E-state index in [1.54, 1.807) is 6.92 Å². The smallest absolute Gasteiger partial charge is 0.317 e. The summed E-state index contributed by atoms with van der Waals surface area (Å²) < 4.78 is 66.0. The second-order valence-electron chi connectivity index (χ2n) is 5.41. The van der Waals surface area contributed by atoms with Crippen molar-refractivity contribution in [2.75, 3.05) is 13.1 Å². The van der Waals surface area contributed by atoms with E-state index in [9.17, 15) is 21.6 Å². The Morgan fingerprint density at radius 3 is 2.33 bits per heavy atom. The molecule has 21 heavy (non-hydrogen) atoms. The number of halogens is 3. The lowest BCUT2D eigenvalue weighted by molar-refractivity contribution is -0.139. The van der Waals surface area contributed by atoms with Gasteiger partial charge in [0.2, 0.25) is 10.0 Å². The first-order valence-electron chi connectivity index (χ1n) is 6.55. The molecule has 1 heterocycles. The van der Waals surface area contributed by atoms with E-state index in [2.05, 4.69) is 10.0 Å². The van der Waals surface area contributed by atoms with E-state index >= 15 is 0 Å². The molecule has 0 aliphatic carbocycles. The van der Waals surface area contributed by atoms with Crippen LogP contribution in [0.5, 0.6) is 0 Å². The van der Waals surface area contributed by atoms with Crippen LogP contribution < -0.4 is 10.0 Å². The minimum Gasteiger partial charge on any atom is -0.317 e. The Hall–Kier alpha value is -1.12. The molecular formula is C13H17F3N2O2S. The highest BCUT2D eigenvalue weighted by atomic mass is 32.2. The first kappa shape index (κ1) is 16.3. The van der Waals surface area contributed by atoms with Crippen LogP contribution >= 0.6 is 0 Å². The highest BCUT2D eigenvalue weighted by Gasteiger charge is 2.39. The van der Waals surface area contributed by atoms with E-state index in [1.807, 2.05) is 0 Å². The minimum atomic E-state index is -4.71. The van der Waals surface area contributed by atoms with Crippen LogP contribution in [-0.2, 0) is 16.2 Å². The van der Waals surface area contributed by atoms with Crippen LogP contribution in [0.3, 0.4) is 0 Å². The van der Waals surface area contributed by atoms with Gasteiger partial charge in [-0.25, -0.2) is 13.1 Å². The fourth-order valence-electron chi connectivity index (χ4n) is 2.40. The van der Waals surface area contributed by atoms with E-state index in [-0.39, 0.29) is 0 Å². The SMILES string of the molecule is CC1(NS(=O)(=O)c2ccccc2C(F)(F)F)CCNCC1. The zero-order chi connectivity index (χ0) is 15.7. The summed E-state index contributed by atoms with van der Waals surface area (Å²) in [7, 11) is -4.23. The van der Waals surface area contributed by atoms with Crippen molar-refractivity contribution in [1.29, 1.82) is 0 Å². The number of alkyl halides is 3. The van der Waals surface area contributed by atoms with Gasteiger partial charge in [-0.15, -0.1) is 0 Å². The van der Waals surface area contributed by atoms with Crippen LogP contribution in [0.4, 0.5) is 13.2 Å². The van der Waals surface area contributed by atoms with Crippen molar-refractivity contribution in [2.45, 2.75) is 36.4 Å². The third kappa shape index (κ3) is 3.75. The molecule has 1 aliphatic rings. The molecule has 0 radical (unpaired) electrons. The highest BCUT2D eigenvalue weighted by molar-refractivity contribution is 7.89. The number of rotatable bonds is 3. The van der Waals surface area contributed by atoms with Gasteiger partial charge in [0.1, 0.15) is 0 Å². The van der Waals surface area contributed by atoms with Crippen molar-refractivity contribution in [3.05, 3.63) is 29.8 Å². The summed E-state index contributed by atoms with van der Waals surface area (Å²) in [5, 5.41) is 3.09. The van der Waals surface area contributed by atoms with E-state index in [0.29, 0.717) is 25.9 Å². The van der Waals surface area contributed by atoms with Gasteiger partial charge in [-0.3, -0.25) is 0 Å². The standard InChI is InChI=1S/C13H17F3N2O2S/c1-12(6-8-17-9-7-12)18-21(19,20)11-5-3-2-4-10(11)13(14,15)16/h2-5,17-18H,6-9H2,1H3. The topological polar surface area (TPSA) is 58.2 Å². The largest absolute Gasteiger partial charge is 0.417 e. The van der Waals surface area contributed by atoms with Gasteiger partial charge in [0, 0.05) is 5.54 Å². The molecule has 0 amide bonds. The molecule has 1 aliphatic heterocycles. The molecule has 0 atom stereocenters. The van der Waals surface area contributed by atoms with Crippen molar-refractivity contribution >= 4 is 10.0 Å². The Balaban J connectivity index is 2.36. The summed E-state index contributed by atoms with van der Waals surface area (Å²) in [6.45, 7) is 2.96. The third-order valence-corrected chi connectivity index (χ3v) is 5.27.